The van der Waals surface area contributed by atoms with Crippen LogP contribution in [0.3, 0.4) is 0 Å². The Morgan fingerprint density at radius 1 is 1.34 bits per heavy atom. The molecule has 0 bridgehead atoms. The summed E-state index contributed by atoms with van der Waals surface area (Å²) in [6, 6.07) is -0.156. The van der Waals surface area contributed by atoms with Crippen molar-refractivity contribution in [3.05, 3.63) is 41.7 Å². The van der Waals surface area contributed by atoms with Gasteiger partial charge in [0.25, 0.3) is 0 Å². The van der Waals surface area contributed by atoms with Crippen LogP contribution in [0.5, 0.6) is 0 Å². The van der Waals surface area contributed by atoms with Crippen LogP contribution < -0.4 is 5.32 Å². The Balaban J connectivity index is 1.58. The fourth-order valence-corrected chi connectivity index (χ4v) is 4.03. The molecule has 0 radical (unpaired) electrons. The second-order valence-electron chi connectivity index (χ2n) is 8.54. The third-order valence-electron chi connectivity index (χ3n) is 6.21. The zero-order valence-electron chi connectivity index (χ0n) is 18.1. The SMILES string of the molecule is Cc1c(F)c(C(C)N(C)C)c2[nH]ncc2c1-c1cn2cc(NC(=O)C3CC3F)nc2cn1. The van der Waals surface area contributed by atoms with Gasteiger partial charge in [0.15, 0.2) is 11.5 Å². The van der Waals surface area contributed by atoms with Crippen molar-refractivity contribution in [3.63, 3.8) is 0 Å². The molecule has 0 saturated heterocycles. The van der Waals surface area contributed by atoms with Crippen LogP contribution in [0, 0.1) is 18.7 Å². The van der Waals surface area contributed by atoms with Gasteiger partial charge in [-0.3, -0.25) is 14.9 Å². The predicted octanol–water partition coefficient (Wildman–Crippen LogP) is 3.64. The fourth-order valence-electron chi connectivity index (χ4n) is 4.03. The molecule has 1 aliphatic carbocycles. The van der Waals surface area contributed by atoms with Gasteiger partial charge in [-0.2, -0.15) is 5.10 Å². The molecule has 3 heterocycles. The van der Waals surface area contributed by atoms with E-state index in [1.807, 2.05) is 25.9 Å². The zero-order chi connectivity index (χ0) is 22.7. The number of nitrogens with zero attached hydrogens (tertiary/aromatic N) is 5. The van der Waals surface area contributed by atoms with Crippen LogP contribution in [-0.2, 0) is 4.79 Å². The molecule has 3 aromatic heterocycles. The van der Waals surface area contributed by atoms with Crippen LogP contribution in [0.25, 0.3) is 27.8 Å². The Labute approximate surface area is 182 Å². The second kappa shape index (κ2) is 7.33. The average molecular weight is 439 g/mol. The Morgan fingerprint density at radius 2 is 2.09 bits per heavy atom. The van der Waals surface area contributed by atoms with Crippen molar-refractivity contribution in [2.45, 2.75) is 32.5 Å². The molecule has 1 amide bonds. The van der Waals surface area contributed by atoms with E-state index in [-0.39, 0.29) is 24.2 Å². The number of hydrogen-bond donors (Lipinski definition) is 2. The van der Waals surface area contributed by atoms with Crippen molar-refractivity contribution < 1.29 is 13.6 Å². The maximum absolute atomic E-state index is 15.5. The maximum Gasteiger partial charge on any atom is 0.231 e. The molecule has 5 rings (SSSR count). The lowest BCUT2D eigenvalue weighted by Crippen LogP contribution is -2.19. The van der Waals surface area contributed by atoms with E-state index in [4.69, 9.17) is 0 Å². The number of benzene rings is 1. The highest BCUT2D eigenvalue weighted by Crippen LogP contribution is 2.38. The van der Waals surface area contributed by atoms with E-state index in [0.29, 0.717) is 39.4 Å². The van der Waals surface area contributed by atoms with Gasteiger partial charge in [0, 0.05) is 28.8 Å². The number of alkyl halides is 1. The first-order valence-corrected chi connectivity index (χ1v) is 10.4. The summed E-state index contributed by atoms with van der Waals surface area (Å²) >= 11 is 0. The van der Waals surface area contributed by atoms with E-state index in [2.05, 4.69) is 25.5 Å². The molecule has 1 fully saturated rings. The van der Waals surface area contributed by atoms with Crippen molar-refractivity contribution in [2.24, 2.45) is 5.92 Å². The summed E-state index contributed by atoms with van der Waals surface area (Å²) in [5, 5.41) is 10.5. The van der Waals surface area contributed by atoms with Crippen LogP contribution in [0.2, 0.25) is 0 Å². The molecular formula is C22H23F2N7O. The molecule has 32 heavy (non-hydrogen) atoms. The smallest absolute Gasteiger partial charge is 0.231 e. The standard InChI is InChI=1S/C22H23F2N7O/c1-10-18(13-6-26-29-21(13)19(20(10)24)11(2)30(3)4)15-8-31-9-16(27-17(31)7-25-15)28-22(32)12-5-14(12)23/h6-9,11-12,14H,5H2,1-4H3,(H,26,29)(H,28,32). The molecule has 2 N–H and O–H groups in total. The normalized spacial score (nSPS) is 19.1. The van der Waals surface area contributed by atoms with E-state index < -0.39 is 12.1 Å². The highest BCUT2D eigenvalue weighted by molar-refractivity contribution is 5.97. The molecule has 8 nitrogen and oxygen atoms in total. The third-order valence-corrected chi connectivity index (χ3v) is 6.21. The molecule has 3 atom stereocenters. The topological polar surface area (TPSA) is 91.2 Å². The van der Waals surface area contributed by atoms with Gasteiger partial charge in [-0.15, -0.1) is 0 Å². The Bertz CT molecular complexity index is 1360. The van der Waals surface area contributed by atoms with Gasteiger partial charge in [0.2, 0.25) is 5.91 Å². The van der Waals surface area contributed by atoms with E-state index >= 15 is 4.39 Å². The Morgan fingerprint density at radius 3 is 2.78 bits per heavy atom. The van der Waals surface area contributed by atoms with Crippen LogP contribution >= 0.6 is 0 Å². The number of fused-ring (bicyclic) bond motifs is 2. The van der Waals surface area contributed by atoms with Crippen molar-refractivity contribution in [1.29, 1.82) is 0 Å². The minimum absolute atomic E-state index is 0.156. The number of anilines is 1. The number of rotatable bonds is 5. The van der Waals surface area contributed by atoms with Gasteiger partial charge in [0.05, 0.1) is 35.7 Å². The number of halogens is 2. The molecule has 0 aliphatic heterocycles. The van der Waals surface area contributed by atoms with Crippen LogP contribution in [-0.4, -0.2) is 55.6 Å². The summed E-state index contributed by atoms with van der Waals surface area (Å²) < 4.78 is 30.4. The lowest BCUT2D eigenvalue weighted by atomic mass is 9.93. The van der Waals surface area contributed by atoms with Gasteiger partial charge < -0.3 is 14.6 Å². The maximum atomic E-state index is 15.5. The lowest BCUT2D eigenvalue weighted by molar-refractivity contribution is -0.117. The minimum atomic E-state index is -1.08. The first-order valence-electron chi connectivity index (χ1n) is 10.4. The van der Waals surface area contributed by atoms with E-state index in [9.17, 15) is 9.18 Å². The lowest BCUT2D eigenvalue weighted by Gasteiger charge is -2.23. The largest absolute Gasteiger partial charge is 0.309 e. The van der Waals surface area contributed by atoms with Crippen molar-refractivity contribution in [1.82, 2.24) is 29.5 Å². The van der Waals surface area contributed by atoms with E-state index in [1.54, 1.807) is 36.1 Å². The first-order chi connectivity index (χ1) is 15.3. The second-order valence-corrected chi connectivity index (χ2v) is 8.54. The molecule has 1 aliphatic rings. The number of hydrogen-bond acceptors (Lipinski definition) is 5. The summed E-state index contributed by atoms with van der Waals surface area (Å²) in [5.41, 5.74) is 3.37. The molecule has 4 aromatic rings. The summed E-state index contributed by atoms with van der Waals surface area (Å²) in [5.74, 6) is -0.961. The van der Waals surface area contributed by atoms with Gasteiger partial charge >= 0.3 is 0 Å². The number of carbonyl (C=O) groups is 1. The van der Waals surface area contributed by atoms with Crippen LogP contribution in [0.15, 0.2) is 24.8 Å². The Hall–Kier alpha value is -3.40. The predicted molar refractivity (Wildman–Crippen MR) is 117 cm³/mol. The summed E-state index contributed by atoms with van der Waals surface area (Å²) in [6.45, 7) is 3.67. The minimum Gasteiger partial charge on any atom is -0.309 e. The molecule has 1 aromatic carbocycles. The van der Waals surface area contributed by atoms with Crippen molar-refractivity contribution >= 4 is 28.3 Å². The van der Waals surface area contributed by atoms with Gasteiger partial charge in [-0.05, 0) is 39.9 Å². The molecule has 0 spiro atoms. The number of H-pyrrole nitrogens is 1. The highest BCUT2D eigenvalue weighted by atomic mass is 19.1. The summed E-state index contributed by atoms with van der Waals surface area (Å²) in [6.07, 6.45) is 5.77. The van der Waals surface area contributed by atoms with Crippen molar-refractivity contribution in [2.75, 3.05) is 19.4 Å². The molecular weight excluding hydrogens is 416 g/mol. The fraction of sp³-hybridized carbons (Fsp3) is 0.364. The van der Waals surface area contributed by atoms with E-state index in [0.717, 1.165) is 5.39 Å². The number of imidazole rings is 1. The van der Waals surface area contributed by atoms with Crippen molar-refractivity contribution in [3.8, 4) is 11.3 Å². The first kappa shape index (κ1) is 20.5. The number of aromatic amines is 1. The van der Waals surface area contributed by atoms with Crippen LogP contribution in [0.1, 0.15) is 30.5 Å². The Kier molecular flexibility index (Phi) is 4.70. The highest BCUT2D eigenvalue weighted by Gasteiger charge is 2.43. The molecule has 1 saturated carbocycles. The van der Waals surface area contributed by atoms with Gasteiger partial charge in [-0.1, -0.05) is 0 Å². The van der Waals surface area contributed by atoms with Crippen LogP contribution in [0.4, 0.5) is 14.6 Å². The molecule has 3 unspecified atom stereocenters. The monoisotopic (exact) mass is 439 g/mol. The number of carbonyl (C=O) groups excluding carboxylic acids is 1. The molecule has 10 heteroatoms. The number of nitrogens with one attached hydrogen (secondary N) is 2. The molecule has 166 valence electrons. The number of aromatic nitrogens is 5. The summed E-state index contributed by atoms with van der Waals surface area (Å²) in [7, 11) is 3.80. The zero-order valence-corrected chi connectivity index (χ0v) is 18.1. The third kappa shape index (κ3) is 3.22. The van der Waals surface area contributed by atoms with Gasteiger partial charge in [0.1, 0.15) is 12.0 Å². The summed E-state index contributed by atoms with van der Waals surface area (Å²) in [4.78, 5) is 22.8. The van der Waals surface area contributed by atoms with Gasteiger partial charge in [-0.25, -0.2) is 13.8 Å². The number of amides is 1. The quantitative estimate of drug-likeness (QED) is 0.496. The average Bonchev–Trinajstić information content (AvgIpc) is 3.11. The van der Waals surface area contributed by atoms with E-state index in [1.165, 1.54) is 0 Å².